The molecule has 0 saturated heterocycles. The van der Waals surface area contributed by atoms with E-state index in [1.165, 1.54) is 0 Å². The average molecular weight is 166 g/mol. The van der Waals surface area contributed by atoms with Crippen LogP contribution in [-0.4, -0.2) is 20.3 Å². The number of rotatable bonds is 3. The molecule has 0 spiro atoms. The van der Waals surface area contributed by atoms with E-state index in [1.54, 1.807) is 6.33 Å². The molecule has 0 aliphatic heterocycles. The molecule has 0 bridgehead atoms. The Bertz CT molecular complexity index is 274. The van der Waals surface area contributed by atoms with Gasteiger partial charge in [-0.15, -0.1) is 0 Å². The molecule has 0 aromatic carbocycles. The van der Waals surface area contributed by atoms with Gasteiger partial charge in [0.05, 0.1) is 0 Å². The van der Waals surface area contributed by atoms with Gasteiger partial charge in [-0.1, -0.05) is 0 Å². The van der Waals surface area contributed by atoms with Crippen LogP contribution in [0.4, 0.5) is 0 Å². The van der Waals surface area contributed by atoms with Gasteiger partial charge in [-0.25, -0.2) is 4.98 Å². The molecule has 12 heavy (non-hydrogen) atoms. The molecular weight excluding hydrogens is 152 g/mol. The minimum absolute atomic E-state index is 0.0416. The fourth-order valence-corrected chi connectivity index (χ4v) is 1.34. The maximum atomic E-state index is 5.98. The Morgan fingerprint density at radius 1 is 1.67 bits per heavy atom. The number of hydrogen-bond donors (Lipinski definition) is 1. The lowest BCUT2D eigenvalue weighted by atomic mass is 10.2. The average Bonchev–Trinajstić information content (AvgIpc) is 2.64. The highest BCUT2D eigenvalue weighted by molar-refractivity contribution is 5.06. The van der Waals surface area contributed by atoms with E-state index >= 15 is 0 Å². The van der Waals surface area contributed by atoms with E-state index in [-0.39, 0.29) is 5.54 Å². The molecule has 0 radical (unpaired) electrons. The molecule has 1 heterocycles. The normalized spacial score (nSPS) is 19.5. The molecule has 1 aromatic heterocycles. The maximum absolute atomic E-state index is 5.98. The minimum Gasteiger partial charge on any atom is -0.325 e. The lowest BCUT2D eigenvalue weighted by Gasteiger charge is -2.07. The number of nitrogens with two attached hydrogens (primary N) is 1. The molecule has 2 rings (SSSR count). The third-order valence-corrected chi connectivity index (χ3v) is 2.40. The van der Waals surface area contributed by atoms with Crippen molar-refractivity contribution >= 4 is 0 Å². The van der Waals surface area contributed by atoms with E-state index < -0.39 is 0 Å². The Morgan fingerprint density at radius 3 is 3.00 bits per heavy atom. The van der Waals surface area contributed by atoms with Crippen LogP contribution in [-0.2, 0) is 13.0 Å². The van der Waals surface area contributed by atoms with Gasteiger partial charge in [0, 0.05) is 18.5 Å². The van der Waals surface area contributed by atoms with E-state index in [2.05, 4.69) is 17.0 Å². The molecule has 4 nitrogen and oxygen atoms in total. The third-order valence-electron chi connectivity index (χ3n) is 2.40. The van der Waals surface area contributed by atoms with E-state index in [0.717, 1.165) is 31.6 Å². The van der Waals surface area contributed by atoms with E-state index in [0.29, 0.717) is 0 Å². The summed E-state index contributed by atoms with van der Waals surface area (Å²) < 4.78 is 1.91. The first-order valence-corrected chi connectivity index (χ1v) is 4.39. The quantitative estimate of drug-likeness (QED) is 0.704. The van der Waals surface area contributed by atoms with Gasteiger partial charge >= 0.3 is 0 Å². The van der Waals surface area contributed by atoms with Crippen LogP contribution in [0.15, 0.2) is 6.33 Å². The minimum atomic E-state index is 0.0416. The van der Waals surface area contributed by atoms with Gasteiger partial charge in [0.25, 0.3) is 0 Å². The number of nitrogens with zero attached hydrogens (tertiary/aromatic N) is 3. The molecule has 66 valence electrons. The Hall–Kier alpha value is -0.900. The zero-order valence-electron chi connectivity index (χ0n) is 7.32. The highest BCUT2D eigenvalue weighted by Gasteiger charge is 2.39. The fourth-order valence-electron chi connectivity index (χ4n) is 1.34. The van der Waals surface area contributed by atoms with E-state index in [4.69, 9.17) is 5.73 Å². The predicted octanol–water partition coefficient (Wildman–Crippen LogP) is 0.332. The lowest BCUT2D eigenvalue weighted by molar-refractivity contribution is 0.564. The summed E-state index contributed by atoms with van der Waals surface area (Å²) in [6.07, 6.45) is 4.73. The number of hydrogen-bond acceptors (Lipinski definition) is 3. The highest BCUT2D eigenvalue weighted by Crippen LogP contribution is 2.34. The molecular formula is C8H14N4. The SMILES string of the molecule is CCn1ncnc1CC1(N)CC1. The van der Waals surface area contributed by atoms with Crippen molar-refractivity contribution in [2.45, 2.75) is 38.3 Å². The second-order valence-corrected chi connectivity index (χ2v) is 3.53. The van der Waals surface area contributed by atoms with Gasteiger partial charge in [0.15, 0.2) is 0 Å². The van der Waals surface area contributed by atoms with Crippen molar-refractivity contribution in [2.75, 3.05) is 0 Å². The van der Waals surface area contributed by atoms with Crippen LogP contribution < -0.4 is 5.73 Å². The summed E-state index contributed by atoms with van der Waals surface area (Å²) in [6.45, 7) is 2.94. The van der Waals surface area contributed by atoms with Crippen LogP contribution in [0.1, 0.15) is 25.6 Å². The largest absolute Gasteiger partial charge is 0.325 e. The molecule has 1 aliphatic carbocycles. The predicted molar refractivity (Wildman–Crippen MR) is 45.6 cm³/mol. The monoisotopic (exact) mass is 166 g/mol. The summed E-state index contributed by atoms with van der Waals surface area (Å²) in [6, 6.07) is 0. The summed E-state index contributed by atoms with van der Waals surface area (Å²) in [7, 11) is 0. The first-order valence-electron chi connectivity index (χ1n) is 4.39. The van der Waals surface area contributed by atoms with Gasteiger partial charge in [-0.2, -0.15) is 5.10 Å². The third kappa shape index (κ3) is 1.34. The number of aryl methyl sites for hydroxylation is 1. The standard InChI is InChI=1S/C8H14N4/c1-2-12-7(10-6-11-12)5-8(9)3-4-8/h6H,2-5,9H2,1H3. The van der Waals surface area contributed by atoms with Crippen molar-refractivity contribution in [1.29, 1.82) is 0 Å². The second-order valence-electron chi connectivity index (χ2n) is 3.53. The first-order chi connectivity index (χ1) is 5.73. The van der Waals surface area contributed by atoms with E-state index in [9.17, 15) is 0 Å². The molecule has 1 saturated carbocycles. The Balaban J connectivity index is 2.11. The van der Waals surface area contributed by atoms with Crippen molar-refractivity contribution in [3.63, 3.8) is 0 Å². The molecule has 1 aliphatic rings. The van der Waals surface area contributed by atoms with Crippen LogP contribution in [0.2, 0.25) is 0 Å². The van der Waals surface area contributed by atoms with Crippen LogP contribution in [0.5, 0.6) is 0 Å². The zero-order chi connectivity index (χ0) is 8.60. The van der Waals surface area contributed by atoms with Gasteiger partial charge in [0.2, 0.25) is 0 Å². The first kappa shape index (κ1) is 7.73. The van der Waals surface area contributed by atoms with Crippen molar-refractivity contribution in [2.24, 2.45) is 5.73 Å². The Labute approximate surface area is 71.8 Å². The van der Waals surface area contributed by atoms with Crippen LogP contribution >= 0.6 is 0 Å². The molecule has 0 unspecified atom stereocenters. The fraction of sp³-hybridized carbons (Fsp3) is 0.750. The van der Waals surface area contributed by atoms with Gasteiger partial charge in [-0.3, -0.25) is 4.68 Å². The van der Waals surface area contributed by atoms with Crippen molar-refractivity contribution in [3.05, 3.63) is 12.2 Å². The smallest absolute Gasteiger partial charge is 0.138 e. The summed E-state index contributed by atoms with van der Waals surface area (Å²) in [5.74, 6) is 1.03. The highest BCUT2D eigenvalue weighted by atomic mass is 15.3. The van der Waals surface area contributed by atoms with Gasteiger partial charge in [0.1, 0.15) is 12.2 Å². The second kappa shape index (κ2) is 2.55. The molecule has 4 heteroatoms. The van der Waals surface area contributed by atoms with Crippen LogP contribution in [0, 0.1) is 0 Å². The van der Waals surface area contributed by atoms with Crippen LogP contribution in [0.3, 0.4) is 0 Å². The lowest BCUT2D eigenvalue weighted by Crippen LogP contribution is -2.26. The van der Waals surface area contributed by atoms with Gasteiger partial charge in [-0.05, 0) is 19.8 Å². The van der Waals surface area contributed by atoms with Crippen molar-refractivity contribution in [1.82, 2.24) is 14.8 Å². The zero-order valence-corrected chi connectivity index (χ0v) is 7.32. The summed E-state index contributed by atoms with van der Waals surface area (Å²) >= 11 is 0. The maximum Gasteiger partial charge on any atom is 0.138 e. The molecule has 1 aromatic rings. The summed E-state index contributed by atoms with van der Waals surface area (Å²) in [5.41, 5.74) is 6.02. The van der Waals surface area contributed by atoms with Gasteiger partial charge < -0.3 is 5.73 Å². The van der Waals surface area contributed by atoms with E-state index in [1.807, 2.05) is 4.68 Å². The molecule has 0 atom stereocenters. The summed E-state index contributed by atoms with van der Waals surface area (Å²) in [5, 5.41) is 4.10. The Kier molecular flexibility index (Phi) is 1.65. The molecule has 2 N–H and O–H groups in total. The molecule has 0 amide bonds. The van der Waals surface area contributed by atoms with Crippen LogP contribution in [0.25, 0.3) is 0 Å². The topological polar surface area (TPSA) is 56.7 Å². The van der Waals surface area contributed by atoms with Crippen molar-refractivity contribution in [3.8, 4) is 0 Å². The molecule has 1 fully saturated rings. The number of aromatic nitrogens is 3. The summed E-state index contributed by atoms with van der Waals surface area (Å²) in [4.78, 5) is 4.18. The Morgan fingerprint density at radius 2 is 2.42 bits per heavy atom. The van der Waals surface area contributed by atoms with Crippen molar-refractivity contribution < 1.29 is 0 Å².